The number of hydrogen-bond donors (Lipinski definition) is 2. The maximum atomic E-state index is 12.8. The molecule has 0 bridgehead atoms. The van der Waals surface area contributed by atoms with E-state index in [0.717, 1.165) is 25.7 Å². The minimum atomic E-state index is -1.38. The SMILES string of the molecule is C[C@H](C[C@@H](C)C(=O)N1C2CCCCC2C[C@@H]1OC(=O)O)C(=O)O. The van der Waals surface area contributed by atoms with E-state index in [1.54, 1.807) is 18.7 Å². The summed E-state index contributed by atoms with van der Waals surface area (Å²) in [6.07, 6.45) is 2.62. The van der Waals surface area contributed by atoms with E-state index in [-0.39, 0.29) is 24.3 Å². The number of aliphatic carboxylic acids is 1. The van der Waals surface area contributed by atoms with Crippen molar-refractivity contribution in [2.75, 3.05) is 0 Å². The zero-order valence-electron chi connectivity index (χ0n) is 13.6. The first-order chi connectivity index (χ1) is 10.8. The Hall–Kier alpha value is -1.79. The monoisotopic (exact) mass is 327 g/mol. The Kier molecular flexibility index (Phi) is 5.49. The smallest absolute Gasteiger partial charge is 0.481 e. The molecule has 1 amide bonds. The molecule has 0 aromatic rings. The van der Waals surface area contributed by atoms with Crippen molar-refractivity contribution in [3.8, 4) is 0 Å². The number of nitrogens with zero attached hydrogens (tertiary/aromatic N) is 1. The molecule has 1 heterocycles. The molecule has 7 heteroatoms. The van der Waals surface area contributed by atoms with Crippen molar-refractivity contribution >= 4 is 18.0 Å². The zero-order valence-corrected chi connectivity index (χ0v) is 13.6. The maximum absolute atomic E-state index is 12.8. The van der Waals surface area contributed by atoms with Gasteiger partial charge in [0.1, 0.15) is 0 Å². The molecule has 0 aromatic heterocycles. The Balaban J connectivity index is 2.12. The van der Waals surface area contributed by atoms with Gasteiger partial charge in [-0.2, -0.15) is 0 Å². The molecule has 1 saturated carbocycles. The van der Waals surface area contributed by atoms with E-state index in [2.05, 4.69) is 0 Å². The number of carbonyl (C=O) groups excluding carboxylic acids is 1. The lowest BCUT2D eigenvalue weighted by Crippen LogP contribution is -2.47. The van der Waals surface area contributed by atoms with Gasteiger partial charge in [0.05, 0.1) is 5.92 Å². The molecule has 2 aliphatic rings. The van der Waals surface area contributed by atoms with Gasteiger partial charge >= 0.3 is 12.1 Å². The molecule has 2 rings (SSSR count). The van der Waals surface area contributed by atoms with Gasteiger partial charge in [-0.3, -0.25) is 9.59 Å². The van der Waals surface area contributed by atoms with Gasteiger partial charge in [-0.25, -0.2) is 4.79 Å². The summed E-state index contributed by atoms with van der Waals surface area (Å²) < 4.78 is 4.94. The third-order valence-electron chi connectivity index (χ3n) is 5.08. The van der Waals surface area contributed by atoms with Gasteiger partial charge < -0.3 is 19.8 Å². The van der Waals surface area contributed by atoms with E-state index in [1.807, 2.05) is 0 Å². The number of carbonyl (C=O) groups is 3. The largest absolute Gasteiger partial charge is 0.507 e. The van der Waals surface area contributed by atoms with Crippen LogP contribution < -0.4 is 0 Å². The summed E-state index contributed by atoms with van der Waals surface area (Å²) >= 11 is 0. The van der Waals surface area contributed by atoms with Crippen LogP contribution in [-0.2, 0) is 14.3 Å². The molecule has 1 aliphatic carbocycles. The van der Waals surface area contributed by atoms with Gasteiger partial charge in [0.2, 0.25) is 5.91 Å². The second-order valence-electron chi connectivity index (χ2n) is 6.81. The first-order valence-electron chi connectivity index (χ1n) is 8.25. The van der Waals surface area contributed by atoms with Crippen LogP contribution >= 0.6 is 0 Å². The summed E-state index contributed by atoms with van der Waals surface area (Å²) in [6, 6.07) is 0.0168. The third kappa shape index (κ3) is 3.95. The Labute approximate surface area is 135 Å². The van der Waals surface area contributed by atoms with Crippen LogP contribution in [0.15, 0.2) is 0 Å². The minimum absolute atomic E-state index is 0.0168. The standard InChI is InChI=1S/C16H25NO6/c1-9(7-10(2)15(19)20)14(18)17-12-6-4-3-5-11(12)8-13(17)23-16(21)22/h9-13H,3-8H2,1-2H3,(H,19,20)(H,21,22)/t9-,10-,11?,12?,13+/m1/s1. The maximum Gasteiger partial charge on any atom is 0.507 e. The topological polar surface area (TPSA) is 104 Å². The zero-order chi connectivity index (χ0) is 17.1. The first-order valence-corrected chi connectivity index (χ1v) is 8.25. The molecule has 23 heavy (non-hydrogen) atoms. The van der Waals surface area contributed by atoms with Gasteiger partial charge in [0.15, 0.2) is 6.23 Å². The molecule has 1 saturated heterocycles. The molecule has 2 unspecified atom stereocenters. The quantitative estimate of drug-likeness (QED) is 0.752. The predicted molar refractivity (Wildman–Crippen MR) is 80.7 cm³/mol. The number of rotatable bonds is 5. The van der Waals surface area contributed by atoms with E-state index < -0.39 is 30.2 Å². The van der Waals surface area contributed by atoms with Crippen molar-refractivity contribution in [2.45, 2.75) is 64.6 Å². The number of amides is 1. The molecule has 130 valence electrons. The van der Waals surface area contributed by atoms with Crippen molar-refractivity contribution < 1.29 is 29.3 Å². The van der Waals surface area contributed by atoms with Crippen LogP contribution in [0.25, 0.3) is 0 Å². The number of carboxylic acids is 1. The molecular formula is C16H25NO6. The fourth-order valence-electron chi connectivity index (χ4n) is 3.93. The predicted octanol–water partition coefficient (Wildman–Crippen LogP) is 2.55. The highest BCUT2D eigenvalue weighted by Crippen LogP contribution is 2.41. The highest BCUT2D eigenvalue weighted by molar-refractivity contribution is 5.80. The number of fused-ring (bicyclic) bond motifs is 1. The lowest BCUT2D eigenvalue weighted by Gasteiger charge is -2.35. The summed E-state index contributed by atoms with van der Waals surface area (Å²) in [5.41, 5.74) is 0. The molecule has 2 N–H and O–H groups in total. The van der Waals surface area contributed by atoms with Crippen molar-refractivity contribution in [3.05, 3.63) is 0 Å². The van der Waals surface area contributed by atoms with Crippen LogP contribution in [0.2, 0.25) is 0 Å². The van der Waals surface area contributed by atoms with E-state index in [4.69, 9.17) is 14.9 Å². The Morgan fingerprint density at radius 2 is 1.78 bits per heavy atom. The van der Waals surface area contributed by atoms with Crippen LogP contribution in [0.1, 0.15) is 52.4 Å². The lowest BCUT2D eigenvalue weighted by molar-refractivity contribution is -0.148. The fourth-order valence-corrected chi connectivity index (χ4v) is 3.93. The van der Waals surface area contributed by atoms with Crippen molar-refractivity contribution in [3.63, 3.8) is 0 Å². The summed E-state index contributed by atoms with van der Waals surface area (Å²) in [4.78, 5) is 36.3. The molecule has 0 aromatic carbocycles. The normalized spacial score (nSPS) is 29.5. The van der Waals surface area contributed by atoms with E-state index in [9.17, 15) is 14.4 Å². The summed E-state index contributed by atoms with van der Waals surface area (Å²) in [7, 11) is 0. The van der Waals surface area contributed by atoms with Crippen LogP contribution in [0.4, 0.5) is 4.79 Å². The molecule has 0 spiro atoms. The van der Waals surface area contributed by atoms with E-state index in [0.29, 0.717) is 6.42 Å². The molecule has 1 aliphatic heterocycles. The molecule has 2 fully saturated rings. The minimum Gasteiger partial charge on any atom is -0.481 e. The van der Waals surface area contributed by atoms with Crippen molar-refractivity contribution in [1.82, 2.24) is 4.90 Å². The van der Waals surface area contributed by atoms with Crippen LogP contribution in [0, 0.1) is 17.8 Å². The highest BCUT2D eigenvalue weighted by Gasteiger charge is 2.47. The highest BCUT2D eigenvalue weighted by atomic mass is 16.7. The number of hydrogen-bond acceptors (Lipinski definition) is 4. The summed E-state index contributed by atoms with van der Waals surface area (Å²) in [6.45, 7) is 3.28. The van der Waals surface area contributed by atoms with Crippen LogP contribution in [-0.4, -0.2) is 45.4 Å². The molecule has 7 nitrogen and oxygen atoms in total. The molecule has 0 radical (unpaired) electrons. The van der Waals surface area contributed by atoms with Gasteiger partial charge in [0.25, 0.3) is 0 Å². The summed E-state index contributed by atoms with van der Waals surface area (Å²) in [5.74, 6) is -1.93. The number of ether oxygens (including phenoxy) is 1. The average Bonchev–Trinajstić information content (AvgIpc) is 2.82. The third-order valence-corrected chi connectivity index (χ3v) is 5.08. The summed E-state index contributed by atoms with van der Waals surface area (Å²) in [5, 5.41) is 17.9. The van der Waals surface area contributed by atoms with Gasteiger partial charge in [-0.1, -0.05) is 26.7 Å². The number of carboxylic acid groups (broad SMARTS) is 2. The average molecular weight is 327 g/mol. The van der Waals surface area contributed by atoms with E-state index >= 15 is 0 Å². The van der Waals surface area contributed by atoms with Crippen LogP contribution in [0.3, 0.4) is 0 Å². The molecular weight excluding hydrogens is 302 g/mol. The van der Waals surface area contributed by atoms with Crippen LogP contribution in [0.5, 0.6) is 0 Å². The van der Waals surface area contributed by atoms with Gasteiger partial charge in [0, 0.05) is 18.4 Å². The van der Waals surface area contributed by atoms with Gasteiger partial charge in [-0.05, 0) is 25.2 Å². The Morgan fingerprint density at radius 1 is 1.13 bits per heavy atom. The lowest BCUT2D eigenvalue weighted by atomic mass is 9.85. The molecule has 5 atom stereocenters. The first kappa shape index (κ1) is 17.6. The Morgan fingerprint density at radius 3 is 2.39 bits per heavy atom. The second-order valence-corrected chi connectivity index (χ2v) is 6.81. The van der Waals surface area contributed by atoms with E-state index in [1.165, 1.54) is 0 Å². The number of likely N-dealkylation sites (tertiary alicyclic amines) is 1. The van der Waals surface area contributed by atoms with Gasteiger partial charge in [-0.15, -0.1) is 0 Å². The van der Waals surface area contributed by atoms with Crippen molar-refractivity contribution in [2.24, 2.45) is 17.8 Å². The van der Waals surface area contributed by atoms with Crippen molar-refractivity contribution in [1.29, 1.82) is 0 Å². The fraction of sp³-hybridized carbons (Fsp3) is 0.812. The second kappa shape index (κ2) is 7.19. The Bertz CT molecular complexity index is 479.